The van der Waals surface area contributed by atoms with Gasteiger partial charge in [0.15, 0.2) is 0 Å². The zero-order valence-electron chi connectivity index (χ0n) is 9.13. The van der Waals surface area contributed by atoms with Gasteiger partial charge in [-0.1, -0.05) is 0 Å². The maximum absolute atomic E-state index is 11.6. The molecule has 0 aliphatic carbocycles. The molecule has 0 amide bonds. The second kappa shape index (κ2) is 7.55. The van der Waals surface area contributed by atoms with E-state index in [0.717, 1.165) is 4.31 Å². The van der Waals surface area contributed by atoms with Gasteiger partial charge in [-0.3, -0.25) is 4.79 Å². The average molecular weight is 255 g/mol. The molecule has 0 unspecified atom stereocenters. The lowest BCUT2D eigenvalue weighted by atomic mass is 10.5. The minimum atomic E-state index is -3.64. The van der Waals surface area contributed by atoms with E-state index in [9.17, 15) is 13.2 Å². The maximum Gasteiger partial charge on any atom is 0.304 e. The number of nitrogens with zero attached hydrogens (tertiary/aromatic N) is 1. The van der Waals surface area contributed by atoms with Crippen molar-refractivity contribution in [3.63, 3.8) is 0 Å². The third-order valence-corrected chi connectivity index (χ3v) is 3.73. The van der Waals surface area contributed by atoms with Gasteiger partial charge in [0.05, 0.1) is 25.4 Å². The molecule has 0 aliphatic heterocycles. The van der Waals surface area contributed by atoms with Crippen molar-refractivity contribution in [2.45, 2.75) is 6.42 Å². The van der Waals surface area contributed by atoms with Crippen LogP contribution in [-0.2, 0) is 19.6 Å². The highest BCUT2D eigenvalue weighted by molar-refractivity contribution is 7.89. The van der Waals surface area contributed by atoms with Crippen LogP contribution in [0.5, 0.6) is 0 Å². The molecule has 16 heavy (non-hydrogen) atoms. The van der Waals surface area contributed by atoms with E-state index in [-0.39, 0.29) is 26.3 Å². The summed E-state index contributed by atoms with van der Waals surface area (Å²) in [7, 11) is -2.21. The second-order valence-electron chi connectivity index (χ2n) is 3.08. The van der Waals surface area contributed by atoms with Gasteiger partial charge in [-0.05, 0) is 0 Å². The third kappa shape index (κ3) is 6.01. The van der Waals surface area contributed by atoms with Gasteiger partial charge >= 0.3 is 5.97 Å². The predicted molar refractivity (Wildman–Crippen MR) is 56.6 cm³/mol. The molecule has 0 saturated heterocycles. The van der Waals surface area contributed by atoms with Gasteiger partial charge < -0.3 is 14.9 Å². The molecular weight excluding hydrogens is 238 g/mol. The van der Waals surface area contributed by atoms with E-state index in [1.54, 1.807) is 0 Å². The molecule has 7 nitrogen and oxygen atoms in total. The molecule has 2 N–H and O–H groups in total. The number of aliphatic carboxylic acids is 1. The molecule has 96 valence electrons. The highest BCUT2D eigenvalue weighted by atomic mass is 32.2. The Hall–Kier alpha value is -0.700. The Bertz CT molecular complexity index is 302. The summed E-state index contributed by atoms with van der Waals surface area (Å²) in [4.78, 5) is 10.3. The fourth-order valence-corrected chi connectivity index (χ4v) is 2.44. The van der Waals surface area contributed by atoms with Crippen LogP contribution in [0.4, 0.5) is 0 Å². The van der Waals surface area contributed by atoms with Crippen LogP contribution in [0.1, 0.15) is 6.42 Å². The van der Waals surface area contributed by atoms with Crippen LogP contribution in [0.2, 0.25) is 0 Å². The normalized spacial score (nSPS) is 11.9. The second-order valence-corrected chi connectivity index (χ2v) is 5.16. The first-order valence-electron chi connectivity index (χ1n) is 4.73. The van der Waals surface area contributed by atoms with Gasteiger partial charge in [-0.15, -0.1) is 0 Å². The van der Waals surface area contributed by atoms with E-state index in [2.05, 4.69) is 0 Å². The standard InChI is InChI=1S/C8H17NO6S/c1-15-6-4-9(3-5-10)16(13,14)7-2-8(11)12/h10H,2-7H2,1H3,(H,11,12). The third-order valence-electron chi connectivity index (χ3n) is 1.86. The number of ether oxygens (including phenoxy) is 1. The van der Waals surface area contributed by atoms with E-state index in [1.165, 1.54) is 7.11 Å². The number of sulfonamides is 1. The topological polar surface area (TPSA) is 104 Å². The van der Waals surface area contributed by atoms with Crippen LogP contribution in [0, 0.1) is 0 Å². The number of methoxy groups -OCH3 is 1. The van der Waals surface area contributed by atoms with Crippen molar-refractivity contribution in [3.05, 3.63) is 0 Å². The molecule has 0 spiro atoms. The van der Waals surface area contributed by atoms with E-state index >= 15 is 0 Å². The Kier molecular flexibility index (Phi) is 7.22. The van der Waals surface area contributed by atoms with Crippen LogP contribution in [0.15, 0.2) is 0 Å². The molecule has 0 fully saturated rings. The molecule has 0 aliphatic rings. The average Bonchev–Trinajstić information content (AvgIpc) is 2.21. The summed E-state index contributed by atoms with van der Waals surface area (Å²) in [5.41, 5.74) is 0. The Morgan fingerprint density at radius 2 is 2.00 bits per heavy atom. The maximum atomic E-state index is 11.6. The van der Waals surface area contributed by atoms with E-state index in [1.807, 2.05) is 0 Å². The summed E-state index contributed by atoms with van der Waals surface area (Å²) in [6, 6.07) is 0. The summed E-state index contributed by atoms with van der Waals surface area (Å²) < 4.78 is 29.0. The Balaban J connectivity index is 4.42. The molecule has 0 bridgehead atoms. The van der Waals surface area contributed by atoms with Crippen molar-refractivity contribution in [2.24, 2.45) is 0 Å². The Labute approximate surface area is 94.7 Å². The molecule has 0 aromatic heterocycles. The first-order chi connectivity index (χ1) is 7.44. The van der Waals surface area contributed by atoms with E-state index in [0.29, 0.717) is 0 Å². The number of carbonyl (C=O) groups is 1. The van der Waals surface area contributed by atoms with Crippen LogP contribution in [-0.4, -0.2) is 68.1 Å². The molecule has 0 saturated carbocycles. The largest absolute Gasteiger partial charge is 0.481 e. The highest BCUT2D eigenvalue weighted by Crippen LogP contribution is 2.03. The van der Waals surface area contributed by atoms with Crippen molar-refractivity contribution >= 4 is 16.0 Å². The van der Waals surface area contributed by atoms with Gasteiger partial charge in [0.1, 0.15) is 0 Å². The van der Waals surface area contributed by atoms with Crippen LogP contribution >= 0.6 is 0 Å². The first-order valence-corrected chi connectivity index (χ1v) is 6.34. The highest BCUT2D eigenvalue weighted by Gasteiger charge is 2.21. The predicted octanol–water partition coefficient (Wildman–Crippen LogP) is -1.27. The molecule has 0 rings (SSSR count). The summed E-state index contributed by atoms with van der Waals surface area (Å²) >= 11 is 0. The molecule has 0 radical (unpaired) electrons. The number of hydrogen-bond acceptors (Lipinski definition) is 5. The minimum absolute atomic E-state index is 0.0503. The van der Waals surface area contributed by atoms with Crippen molar-refractivity contribution in [1.82, 2.24) is 4.31 Å². The number of hydrogen-bond donors (Lipinski definition) is 2. The molecule has 0 heterocycles. The number of carboxylic acid groups (broad SMARTS) is 1. The lowest BCUT2D eigenvalue weighted by molar-refractivity contribution is -0.136. The van der Waals surface area contributed by atoms with Gasteiger partial charge in [-0.25, -0.2) is 8.42 Å². The summed E-state index contributed by atoms with van der Waals surface area (Å²) in [5.74, 6) is -1.63. The van der Waals surface area contributed by atoms with Crippen molar-refractivity contribution in [1.29, 1.82) is 0 Å². The summed E-state index contributed by atoms with van der Waals surface area (Å²) in [6.45, 7) is -0.0490. The van der Waals surface area contributed by atoms with E-state index in [4.69, 9.17) is 14.9 Å². The molecule has 0 aromatic carbocycles. The van der Waals surface area contributed by atoms with E-state index < -0.39 is 28.2 Å². The zero-order valence-corrected chi connectivity index (χ0v) is 9.94. The molecule has 0 atom stereocenters. The van der Waals surface area contributed by atoms with Crippen molar-refractivity contribution < 1.29 is 28.2 Å². The fourth-order valence-electron chi connectivity index (χ4n) is 1.04. The lowest BCUT2D eigenvalue weighted by Gasteiger charge is -2.20. The van der Waals surface area contributed by atoms with Gasteiger partial charge in [0.25, 0.3) is 0 Å². The van der Waals surface area contributed by atoms with Gasteiger partial charge in [-0.2, -0.15) is 4.31 Å². The summed E-state index contributed by atoms with van der Waals surface area (Å²) in [5, 5.41) is 17.1. The number of aliphatic hydroxyl groups excluding tert-OH is 1. The van der Waals surface area contributed by atoms with Crippen LogP contribution in [0.25, 0.3) is 0 Å². The lowest BCUT2D eigenvalue weighted by Crippen LogP contribution is -2.38. The fraction of sp³-hybridized carbons (Fsp3) is 0.875. The number of aliphatic hydroxyl groups is 1. The Morgan fingerprint density at radius 3 is 2.44 bits per heavy atom. The molecule has 8 heteroatoms. The summed E-state index contributed by atoms with van der Waals surface area (Å²) in [6.07, 6.45) is -0.447. The van der Waals surface area contributed by atoms with Crippen LogP contribution < -0.4 is 0 Å². The van der Waals surface area contributed by atoms with Crippen molar-refractivity contribution in [3.8, 4) is 0 Å². The molecule has 0 aromatic rings. The molecular formula is C8H17NO6S. The minimum Gasteiger partial charge on any atom is -0.481 e. The zero-order chi connectivity index (χ0) is 12.6. The number of rotatable bonds is 9. The monoisotopic (exact) mass is 255 g/mol. The van der Waals surface area contributed by atoms with Crippen molar-refractivity contribution in [2.75, 3.05) is 39.2 Å². The SMILES string of the molecule is COCCN(CCO)S(=O)(=O)CCC(=O)O. The number of carboxylic acids is 1. The first kappa shape index (κ1) is 15.3. The quantitative estimate of drug-likeness (QED) is 0.532. The van der Waals surface area contributed by atoms with Gasteiger partial charge in [0, 0.05) is 20.2 Å². The van der Waals surface area contributed by atoms with Crippen LogP contribution in [0.3, 0.4) is 0 Å². The Morgan fingerprint density at radius 1 is 1.38 bits per heavy atom. The van der Waals surface area contributed by atoms with Gasteiger partial charge in [0.2, 0.25) is 10.0 Å². The smallest absolute Gasteiger partial charge is 0.304 e.